The van der Waals surface area contributed by atoms with Crippen LogP contribution in [-0.2, 0) is 0 Å². The molecule has 0 aliphatic carbocycles. The molecule has 0 aliphatic rings. The smallest absolute Gasteiger partial charge is 0.0579 e. The van der Waals surface area contributed by atoms with Crippen LogP contribution in [0.4, 0.5) is 0 Å². The molecule has 0 saturated heterocycles. The van der Waals surface area contributed by atoms with Crippen LogP contribution in [0.25, 0.3) is 0 Å². The van der Waals surface area contributed by atoms with Crippen LogP contribution in [0.1, 0.15) is 46.5 Å². The molecular weight excluding hydrogens is 179 g/mol. The summed E-state index contributed by atoms with van der Waals surface area (Å²) in [5.74, 6) is 0. The monoisotopic (exact) mass is 196 g/mol. The van der Waals surface area contributed by atoms with Crippen LogP contribution in [0.3, 0.4) is 0 Å². The maximum atomic E-state index is 6.17. The fourth-order valence-electron chi connectivity index (χ4n) is 0.906. The Morgan fingerprint density at radius 2 is 1.91 bits per heavy atom. The fourth-order valence-corrected chi connectivity index (χ4v) is 1.32. The van der Waals surface area contributed by atoms with Crippen molar-refractivity contribution in [3.63, 3.8) is 0 Å². The van der Waals surface area contributed by atoms with Crippen molar-refractivity contribution >= 4 is 23.2 Å². The van der Waals surface area contributed by atoms with Gasteiger partial charge in [0, 0.05) is 0 Å². The van der Waals surface area contributed by atoms with E-state index >= 15 is 0 Å². The van der Waals surface area contributed by atoms with Crippen molar-refractivity contribution in [1.82, 2.24) is 0 Å². The Bertz CT molecular complexity index is 99.7. The first-order valence-corrected chi connectivity index (χ1v) is 5.19. The number of halogens is 2. The zero-order valence-corrected chi connectivity index (χ0v) is 9.17. The van der Waals surface area contributed by atoms with E-state index in [1.807, 2.05) is 6.92 Å². The summed E-state index contributed by atoms with van der Waals surface area (Å²) in [6.45, 7) is 6.26. The third kappa shape index (κ3) is 4.22. The molecular formula is C9H18Cl2. The average molecular weight is 197 g/mol. The minimum Gasteiger partial charge on any atom is -0.121 e. The first kappa shape index (κ1) is 11.6. The minimum atomic E-state index is -0.212. The molecule has 2 atom stereocenters. The zero-order chi connectivity index (χ0) is 8.91. The molecule has 11 heavy (non-hydrogen) atoms. The van der Waals surface area contributed by atoms with Gasteiger partial charge in [-0.3, -0.25) is 0 Å². The van der Waals surface area contributed by atoms with Gasteiger partial charge in [-0.2, -0.15) is 0 Å². The van der Waals surface area contributed by atoms with Gasteiger partial charge in [0.05, 0.1) is 10.3 Å². The zero-order valence-electron chi connectivity index (χ0n) is 7.66. The summed E-state index contributed by atoms with van der Waals surface area (Å²) >= 11 is 12.3. The van der Waals surface area contributed by atoms with Crippen LogP contribution >= 0.6 is 23.2 Å². The molecule has 68 valence electrons. The lowest BCUT2D eigenvalue weighted by Crippen LogP contribution is -2.28. The van der Waals surface area contributed by atoms with Crippen LogP contribution in [0.5, 0.6) is 0 Å². The highest BCUT2D eigenvalue weighted by molar-refractivity contribution is 6.32. The van der Waals surface area contributed by atoms with E-state index in [4.69, 9.17) is 23.2 Å². The van der Waals surface area contributed by atoms with Crippen molar-refractivity contribution in [2.75, 3.05) is 0 Å². The molecule has 2 heteroatoms. The van der Waals surface area contributed by atoms with E-state index in [1.165, 1.54) is 12.8 Å². The number of hydrogen-bond acceptors (Lipinski definition) is 0. The molecule has 0 bridgehead atoms. The lowest BCUT2D eigenvalue weighted by atomic mass is 9.99. The Morgan fingerprint density at radius 3 is 2.27 bits per heavy atom. The number of hydrogen-bond donors (Lipinski definition) is 0. The van der Waals surface area contributed by atoms with Crippen LogP contribution in [0.2, 0.25) is 0 Å². The molecule has 0 aromatic heterocycles. The highest BCUT2D eigenvalue weighted by atomic mass is 35.5. The summed E-state index contributed by atoms with van der Waals surface area (Å²) in [6, 6.07) is 0. The first-order chi connectivity index (χ1) is 5.04. The lowest BCUT2D eigenvalue weighted by molar-refractivity contribution is 0.524. The molecule has 0 amide bonds. The van der Waals surface area contributed by atoms with Gasteiger partial charge in [0.2, 0.25) is 0 Å². The largest absolute Gasteiger partial charge is 0.121 e. The maximum Gasteiger partial charge on any atom is 0.0579 e. The van der Waals surface area contributed by atoms with Crippen molar-refractivity contribution in [3.05, 3.63) is 0 Å². The fraction of sp³-hybridized carbons (Fsp3) is 1.00. The van der Waals surface area contributed by atoms with Crippen molar-refractivity contribution in [1.29, 1.82) is 0 Å². The van der Waals surface area contributed by atoms with Crippen molar-refractivity contribution < 1.29 is 0 Å². The minimum absolute atomic E-state index is 0.120. The van der Waals surface area contributed by atoms with E-state index in [2.05, 4.69) is 13.8 Å². The Labute approximate surface area is 80.3 Å². The summed E-state index contributed by atoms with van der Waals surface area (Å²) in [4.78, 5) is -0.212. The van der Waals surface area contributed by atoms with Gasteiger partial charge in [-0.05, 0) is 19.8 Å². The molecule has 0 N–H and O–H groups in total. The van der Waals surface area contributed by atoms with Gasteiger partial charge in [0.1, 0.15) is 0 Å². The van der Waals surface area contributed by atoms with E-state index in [0.717, 1.165) is 12.8 Å². The summed E-state index contributed by atoms with van der Waals surface area (Å²) in [5, 5.41) is 0.120. The maximum absolute atomic E-state index is 6.17. The third-order valence-electron chi connectivity index (χ3n) is 2.16. The van der Waals surface area contributed by atoms with E-state index in [0.29, 0.717) is 0 Å². The van der Waals surface area contributed by atoms with E-state index in [9.17, 15) is 0 Å². The van der Waals surface area contributed by atoms with Crippen molar-refractivity contribution in [2.45, 2.75) is 56.7 Å². The second-order valence-corrected chi connectivity index (χ2v) is 4.63. The van der Waals surface area contributed by atoms with E-state index in [1.54, 1.807) is 0 Å². The number of unbranched alkanes of at least 4 members (excludes halogenated alkanes) is 1. The molecule has 2 unspecified atom stereocenters. The molecule has 0 spiro atoms. The summed E-state index contributed by atoms with van der Waals surface area (Å²) < 4.78 is 0. The average Bonchev–Trinajstić information content (AvgIpc) is 2.00. The Balaban J connectivity index is 3.71. The van der Waals surface area contributed by atoms with Gasteiger partial charge >= 0.3 is 0 Å². The quantitative estimate of drug-likeness (QED) is 0.579. The van der Waals surface area contributed by atoms with Crippen molar-refractivity contribution in [3.8, 4) is 0 Å². The molecule has 0 aliphatic heterocycles. The molecule has 0 aromatic carbocycles. The molecule has 0 rings (SSSR count). The summed E-state index contributed by atoms with van der Waals surface area (Å²) in [7, 11) is 0. The number of rotatable bonds is 5. The Kier molecular flexibility index (Phi) is 5.54. The summed E-state index contributed by atoms with van der Waals surface area (Å²) in [5.41, 5.74) is 0. The first-order valence-electron chi connectivity index (χ1n) is 4.37. The molecule has 0 nitrogen and oxygen atoms in total. The molecule has 0 fully saturated rings. The van der Waals surface area contributed by atoms with E-state index < -0.39 is 0 Å². The highest BCUT2D eigenvalue weighted by Crippen LogP contribution is 2.30. The lowest BCUT2D eigenvalue weighted by Gasteiger charge is -2.25. The van der Waals surface area contributed by atoms with Gasteiger partial charge in [-0.1, -0.05) is 26.7 Å². The normalized spacial score (nSPS) is 19.4. The van der Waals surface area contributed by atoms with Gasteiger partial charge in [-0.25, -0.2) is 0 Å². The van der Waals surface area contributed by atoms with Gasteiger partial charge in [-0.15, -0.1) is 23.2 Å². The second kappa shape index (κ2) is 5.27. The van der Waals surface area contributed by atoms with Gasteiger partial charge < -0.3 is 0 Å². The van der Waals surface area contributed by atoms with Crippen LogP contribution < -0.4 is 0 Å². The van der Waals surface area contributed by atoms with Crippen LogP contribution in [-0.4, -0.2) is 10.3 Å². The Hall–Kier alpha value is 0.580. The standard InChI is InChI=1S/C9H18Cl2/c1-4-6-7-8(10)9(3,11)5-2/h8H,4-7H2,1-3H3. The van der Waals surface area contributed by atoms with E-state index in [-0.39, 0.29) is 10.3 Å². The molecule has 0 heterocycles. The van der Waals surface area contributed by atoms with Crippen molar-refractivity contribution in [2.24, 2.45) is 0 Å². The SMILES string of the molecule is CCCCC(Cl)C(C)(Cl)CC. The second-order valence-electron chi connectivity index (χ2n) is 3.24. The topological polar surface area (TPSA) is 0 Å². The predicted octanol–water partition coefficient (Wildman–Crippen LogP) is 4.19. The van der Waals surface area contributed by atoms with Crippen LogP contribution in [0.15, 0.2) is 0 Å². The predicted molar refractivity (Wildman–Crippen MR) is 53.7 cm³/mol. The number of alkyl halides is 2. The van der Waals surface area contributed by atoms with Crippen LogP contribution in [0, 0.1) is 0 Å². The summed E-state index contributed by atoms with van der Waals surface area (Å²) in [6.07, 6.45) is 4.34. The van der Waals surface area contributed by atoms with Gasteiger partial charge in [0.25, 0.3) is 0 Å². The Morgan fingerprint density at radius 1 is 1.36 bits per heavy atom. The van der Waals surface area contributed by atoms with Gasteiger partial charge in [0.15, 0.2) is 0 Å². The molecule has 0 aromatic rings. The molecule has 0 radical (unpaired) electrons. The third-order valence-corrected chi connectivity index (χ3v) is 3.50. The highest BCUT2D eigenvalue weighted by Gasteiger charge is 2.27. The molecule has 0 saturated carbocycles.